The summed E-state index contributed by atoms with van der Waals surface area (Å²) >= 11 is 1.22. The molecule has 8 nitrogen and oxygen atoms in total. The summed E-state index contributed by atoms with van der Waals surface area (Å²) in [5.74, 6) is 0.112. The zero-order valence-electron chi connectivity index (χ0n) is 18.7. The number of hydrogen-bond donors (Lipinski definition) is 1. The van der Waals surface area contributed by atoms with Crippen LogP contribution in [0.3, 0.4) is 0 Å². The Balaban J connectivity index is 1.67. The smallest absolute Gasteiger partial charge is 0.243 e. The number of carbonyl (C=O) groups excluding carboxylic acids is 1. The number of sulfonamides is 1. The van der Waals surface area contributed by atoms with Gasteiger partial charge in [-0.05, 0) is 29.8 Å². The maximum atomic E-state index is 13.0. The molecule has 0 fully saturated rings. The van der Waals surface area contributed by atoms with Gasteiger partial charge in [-0.2, -0.15) is 4.31 Å². The lowest BCUT2D eigenvalue weighted by atomic mass is 10.2. The van der Waals surface area contributed by atoms with E-state index in [2.05, 4.69) is 15.5 Å². The molecule has 0 aliphatic rings. The standard InChI is InChI=1S/C22H26FN5O3S2/c1-4-28(5-2)33(30,31)19-8-6-7-17(13-19)21-25-26-22(27(21)3)32-15-20(29)24-14-16-9-11-18(23)12-10-16/h6-13H,4-5,14-15H2,1-3H3,(H,24,29). The third-order valence-electron chi connectivity index (χ3n) is 5.01. The van der Waals surface area contributed by atoms with Gasteiger partial charge in [-0.3, -0.25) is 4.79 Å². The van der Waals surface area contributed by atoms with Gasteiger partial charge < -0.3 is 9.88 Å². The van der Waals surface area contributed by atoms with Crippen LogP contribution in [0, 0.1) is 5.82 Å². The van der Waals surface area contributed by atoms with E-state index in [0.717, 1.165) is 5.56 Å². The molecule has 0 radical (unpaired) electrons. The van der Waals surface area contributed by atoms with E-state index >= 15 is 0 Å². The molecule has 0 aliphatic carbocycles. The predicted octanol–water partition coefficient (Wildman–Crippen LogP) is 3.06. The molecule has 176 valence electrons. The molecule has 3 rings (SSSR count). The van der Waals surface area contributed by atoms with Crippen LogP contribution in [0.25, 0.3) is 11.4 Å². The molecule has 0 atom stereocenters. The minimum absolute atomic E-state index is 0.129. The summed E-state index contributed by atoms with van der Waals surface area (Å²) < 4.78 is 41.8. The van der Waals surface area contributed by atoms with Gasteiger partial charge in [0.25, 0.3) is 0 Å². The third-order valence-corrected chi connectivity index (χ3v) is 8.07. The fourth-order valence-corrected chi connectivity index (χ4v) is 5.43. The minimum Gasteiger partial charge on any atom is -0.351 e. The van der Waals surface area contributed by atoms with Crippen molar-refractivity contribution in [3.8, 4) is 11.4 Å². The van der Waals surface area contributed by atoms with Crippen molar-refractivity contribution >= 4 is 27.7 Å². The van der Waals surface area contributed by atoms with E-state index in [1.807, 2.05) is 0 Å². The lowest BCUT2D eigenvalue weighted by molar-refractivity contribution is -0.118. The molecule has 1 heterocycles. The van der Waals surface area contributed by atoms with E-state index in [0.29, 0.717) is 36.2 Å². The molecule has 0 bridgehead atoms. The summed E-state index contributed by atoms with van der Waals surface area (Å²) in [6.07, 6.45) is 0. The molecular weight excluding hydrogens is 465 g/mol. The van der Waals surface area contributed by atoms with Crippen molar-refractivity contribution in [2.45, 2.75) is 30.4 Å². The summed E-state index contributed by atoms with van der Waals surface area (Å²) in [7, 11) is -1.83. The first-order valence-corrected chi connectivity index (χ1v) is 12.8. The van der Waals surface area contributed by atoms with Crippen molar-refractivity contribution in [1.29, 1.82) is 0 Å². The predicted molar refractivity (Wildman–Crippen MR) is 126 cm³/mol. The zero-order chi connectivity index (χ0) is 24.0. The van der Waals surface area contributed by atoms with Gasteiger partial charge in [0.05, 0.1) is 10.6 Å². The lowest BCUT2D eigenvalue weighted by Gasteiger charge is -2.18. The highest BCUT2D eigenvalue weighted by Gasteiger charge is 2.23. The van der Waals surface area contributed by atoms with E-state index in [4.69, 9.17) is 0 Å². The summed E-state index contributed by atoms with van der Waals surface area (Å²) in [6, 6.07) is 12.5. The number of hydrogen-bond acceptors (Lipinski definition) is 6. The lowest BCUT2D eigenvalue weighted by Crippen LogP contribution is -2.30. The van der Waals surface area contributed by atoms with Gasteiger partial charge in [-0.25, -0.2) is 12.8 Å². The van der Waals surface area contributed by atoms with E-state index in [9.17, 15) is 17.6 Å². The van der Waals surface area contributed by atoms with E-state index in [1.165, 1.54) is 28.2 Å². The van der Waals surface area contributed by atoms with Crippen LogP contribution in [0.5, 0.6) is 0 Å². The number of rotatable bonds is 10. The van der Waals surface area contributed by atoms with Crippen LogP contribution < -0.4 is 5.32 Å². The molecule has 33 heavy (non-hydrogen) atoms. The van der Waals surface area contributed by atoms with Crippen molar-refractivity contribution in [2.24, 2.45) is 7.05 Å². The third kappa shape index (κ3) is 5.98. The summed E-state index contributed by atoms with van der Waals surface area (Å²) in [5.41, 5.74) is 1.42. The molecule has 3 aromatic rings. The molecule has 1 aromatic heterocycles. The quantitative estimate of drug-likeness (QED) is 0.438. The van der Waals surface area contributed by atoms with Crippen LogP contribution in [-0.4, -0.2) is 52.2 Å². The van der Waals surface area contributed by atoms with Crippen molar-refractivity contribution in [1.82, 2.24) is 24.4 Å². The summed E-state index contributed by atoms with van der Waals surface area (Å²) in [4.78, 5) is 12.4. The van der Waals surface area contributed by atoms with Crippen LogP contribution in [0.2, 0.25) is 0 Å². The van der Waals surface area contributed by atoms with Gasteiger partial charge in [-0.15, -0.1) is 10.2 Å². The number of nitrogens with zero attached hydrogens (tertiary/aromatic N) is 4. The second-order valence-corrected chi connectivity index (χ2v) is 10.1. The molecule has 1 amide bonds. The van der Waals surface area contributed by atoms with Gasteiger partial charge in [0.1, 0.15) is 5.82 Å². The monoisotopic (exact) mass is 491 g/mol. The molecule has 11 heteroatoms. The molecule has 0 saturated carbocycles. The first-order valence-electron chi connectivity index (χ1n) is 10.4. The normalized spacial score (nSPS) is 11.7. The van der Waals surface area contributed by atoms with Crippen molar-refractivity contribution in [3.63, 3.8) is 0 Å². The van der Waals surface area contributed by atoms with Crippen molar-refractivity contribution < 1.29 is 17.6 Å². The zero-order valence-corrected chi connectivity index (χ0v) is 20.3. The summed E-state index contributed by atoms with van der Waals surface area (Å²) in [5, 5.41) is 11.6. The van der Waals surface area contributed by atoms with Gasteiger partial charge in [0.15, 0.2) is 11.0 Å². The van der Waals surface area contributed by atoms with Crippen molar-refractivity contribution in [3.05, 3.63) is 59.9 Å². The molecule has 0 saturated heterocycles. The highest BCUT2D eigenvalue weighted by molar-refractivity contribution is 7.99. The van der Waals surface area contributed by atoms with Gasteiger partial charge >= 0.3 is 0 Å². The number of amides is 1. The fraction of sp³-hybridized carbons (Fsp3) is 0.318. The Morgan fingerprint density at radius 2 is 1.82 bits per heavy atom. The van der Waals surface area contributed by atoms with E-state index in [1.54, 1.807) is 61.9 Å². The highest BCUT2D eigenvalue weighted by atomic mass is 32.2. The Hall–Kier alpha value is -2.76. The molecular formula is C22H26FN5O3S2. The van der Waals surface area contributed by atoms with Crippen LogP contribution in [0.4, 0.5) is 4.39 Å². The average molecular weight is 492 g/mol. The molecule has 0 unspecified atom stereocenters. The first-order chi connectivity index (χ1) is 15.8. The van der Waals surface area contributed by atoms with Gasteiger partial charge in [0, 0.05) is 32.2 Å². The summed E-state index contributed by atoms with van der Waals surface area (Å²) in [6.45, 7) is 4.67. The number of halogens is 1. The SMILES string of the molecule is CCN(CC)S(=O)(=O)c1cccc(-c2nnc(SCC(=O)NCc3ccc(F)cc3)n2C)c1. The second-order valence-electron chi connectivity index (χ2n) is 7.17. The van der Waals surface area contributed by atoms with Crippen LogP contribution in [-0.2, 0) is 28.4 Å². The molecule has 0 spiro atoms. The number of thioether (sulfide) groups is 1. The average Bonchev–Trinajstić information content (AvgIpc) is 3.18. The Labute approximate surface area is 197 Å². The van der Waals surface area contributed by atoms with E-state index < -0.39 is 10.0 Å². The minimum atomic E-state index is -3.59. The highest BCUT2D eigenvalue weighted by Crippen LogP contribution is 2.25. The Kier molecular flexibility index (Phi) is 8.22. The van der Waals surface area contributed by atoms with Crippen LogP contribution >= 0.6 is 11.8 Å². The van der Waals surface area contributed by atoms with Crippen LogP contribution in [0.15, 0.2) is 58.6 Å². The fourth-order valence-electron chi connectivity index (χ4n) is 3.18. The first kappa shape index (κ1) is 24.9. The topological polar surface area (TPSA) is 97.2 Å². The number of benzene rings is 2. The van der Waals surface area contributed by atoms with Crippen molar-refractivity contribution in [2.75, 3.05) is 18.8 Å². The molecule has 1 N–H and O–H groups in total. The van der Waals surface area contributed by atoms with Gasteiger partial charge in [-0.1, -0.05) is 49.9 Å². The maximum Gasteiger partial charge on any atom is 0.243 e. The Morgan fingerprint density at radius 3 is 2.48 bits per heavy atom. The molecule has 0 aliphatic heterocycles. The van der Waals surface area contributed by atoms with Crippen LogP contribution in [0.1, 0.15) is 19.4 Å². The number of aromatic nitrogens is 3. The Bertz CT molecular complexity index is 1210. The van der Waals surface area contributed by atoms with Gasteiger partial charge in [0.2, 0.25) is 15.9 Å². The maximum absolute atomic E-state index is 13.0. The van der Waals surface area contributed by atoms with E-state index in [-0.39, 0.29) is 22.4 Å². The molecule has 2 aromatic carbocycles. The second kappa shape index (κ2) is 10.9. The Morgan fingerprint density at radius 1 is 1.12 bits per heavy atom. The largest absolute Gasteiger partial charge is 0.351 e. The number of carbonyl (C=O) groups is 1. The number of nitrogens with one attached hydrogen (secondary N) is 1.